The number of hydrogen-bond donors (Lipinski definition) is 0. The third kappa shape index (κ3) is 1.50. The molecule has 0 amide bonds. The van der Waals surface area contributed by atoms with Gasteiger partial charge in [0.05, 0.1) is 5.69 Å². The van der Waals surface area contributed by atoms with Crippen LogP contribution < -0.4 is 0 Å². The predicted octanol–water partition coefficient (Wildman–Crippen LogP) is 1.46. The van der Waals surface area contributed by atoms with Gasteiger partial charge in [0.1, 0.15) is 6.26 Å². The van der Waals surface area contributed by atoms with Crippen LogP contribution in [0.3, 0.4) is 0 Å². The van der Waals surface area contributed by atoms with E-state index in [0.29, 0.717) is 0 Å². The summed E-state index contributed by atoms with van der Waals surface area (Å²) in [6.07, 6.45) is 8.31. The van der Waals surface area contributed by atoms with E-state index in [2.05, 4.69) is 16.4 Å². The summed E-state index contributed by atoms with van der Waals surface area (Å²) in [6.45, 7) is 0. The highest BCUT2D eigenvalue weighted by atomic mass is 16.3. The summed E-state index contributed by atoms with van der Waals surface area (Å²) in [5.74, 6) is 0. The van der Waals surface area contributed by atoms with Crippen molar-refractivity contribution in [3.63, 3.8) is 0 Å². The monoisotopic (exact) mass is 159 g/mol. The van der Waals surface area contributed by atoms with Crippen LogP contribution in [0.25, 0.3) is 0 Å². The van der Waals surface area contributed by atoms with Crippen LogP contribution in [0.15, 0.2) is 35.2 Å². The van der Waals surface area contributed by atoms with Gasteiger partial charge in [0.25, 0.3) is 6.39 Å². The standard InChI is InChI=1S/C9H7N2O/c1-3-10-4-2-8(1)5-9-6-12-7-11-9/h1-4,6H,5H2. The van der Waals surface area contributed by atoms with Gasteiger partial charge in [-0.2, -0.15) is 0 Å². The summed E-state index contributed by atoms with van der Waals surface area (Å²) in [7, 11) is 0. The van der Waals surface area contributed by atoms with Crippen LogP contribution in [0.1, 0.15) is 11.3 Å². The van der Waals surface area contributed by atoms with Gasteiger partial charge in [-0.1, -0.05) is 0 Å². The van der Waals surface area contributed by atoms with E-state index in [-0.39, 0.29) is 0 Å². The highest BCUT2D eigenvalue weighted by molar-refractivity contribution is 5.16. The molecule has 1 radical (unpaired) electrons. The van der Waals surface area contributed by atoms with Crippen molar-refractivity contribution in [2.24, 2.45) is 0 Å². The summed E-state index contributed by atoms with van der Waals surface area (Å²) >= 11 is 0. The zero-order chi connectivity index (χ0) is 8.23. The average Bonchev–Trinajstić information content (AvgIpc) is 2.59. The Labute approximate surface area is 70.1 Å². The maximum atomic E-state index is 4.73. The van der Waals surface area contributed by atoms with Crippen molar-refractivity contribution >= 4 is 0 Å². The van der Waals surface area contributed by atoms with Gasteiger partial charge < -0.3 is 4.42 Å². The third-order valence-electron chi connectivity index (χ3n) is 1.57. The largest absolute Gasteiger partial charge is 0.441 e. The fraction of sp³-hybridized carbons (Fsp3) is 0.111. The van der Waals surface area contributed by atoms with Crippen molar-refractivity contribution in [3.8, 4) is 0 Å². The van der Waals surface area contributed by atoms with Crippen molar-refractivity contribution in [2.45, 2.75) is 6.42 Å². The van der Waals surface area contributed by atoms with Gasteiger partial charge >= 0.3 is 0 Å². The highest BCUT2D eigenvalue weighted by Gasteiger charge is 1.97. The Bertz CT molecular complexity index is 329. The molecule has 0 spiro atoms. The Hall–Kier alpha value is -1.64. The molecule has 2 heterocycles. The molecular weight excluding hydrogens is 152 g/mol. The quantitative estimate of drug-likeness (QED) is 0.665. The molecule has 0 atom stereocenters. The van der Waals surface area contributed by atoms with Crippen LogP contribution in [0.2, 0.25) is 0 Å². The molecule has 0 aliphatic rings. The first-order valence-electron chi connectivity index (χ1n) is 3.64. The molecule has 3 nitrogen and oxygen atoms in total. The predicted molar refractivity (Wildman–Crippen MR) is 42.4 cm³/mol. The van der Waals surface area contributed by atoms with Crippen LogP contribution in [0, 0.1) is 6.39 Å². The third-order valence-corrected chi connectivity index (χ3v) is 1.57. The number of nitrogens with zero attached hydrogens (tertiary/aromatic N) is 2. The Morgan fingerprint density at radius 1 is 1.33 bits per heavy atom. The van der Waals surface area contributed by atoms with Crippen molar-refractivity contribution in [3.05, 3.63) is 48.4 Å². The van der Waals surface area contributed by atoms with Gasteiger partial charge in [-0.05, 0) is 17.7 Å². The number of hydrogen-bond acceptors (Lipinski definition) is 3. The lowest BCUT2D eigenvalue weighted by molar-refractivity contribution is 0.546. The molecule has 0 fully saturated rings. The molecule has 0 N–H and O–H groups in total. The van der Waals surface area contributed by atoms with E-state index in [1.165, 1.54) is 5.56 Å². The SMILES string of the molecule is [c]1nc(Cc2ccncc2)co1. The summed E-state index contributed by atoms with van der Waals surface area (Å²) in [4.78, 5) is 7.82. The zero-order valence-corrected chi connectivity index (χ0v) is 6.40. The highest BCUT2D eigenvalue weighted by Crippen LogP contribution is 2.04. The second kappa shape index (κ2) is 3.17. The molecule has 0 aliphatic carbocycles. The number of pyridine rings is 1. The Kier molecular flexibility index (Phi) is 1.86. The fourth-order valence-corrected chi connectivity index (χ4v) is 0.997. The molecule has 0 bridgehead atoms. The van der Waals surface area contributed by atoms with E-state index in [1.807, 2.05) is 12.1 Å². The summed E-state index contributed by atoms with van der Waals surface area (Å²) in [5.41, 5.74) is 2.06. The lowest BCUT2D eigenvalue weighted by Crippen LogP contribution is -1.87. The van der Waals surface area contributed by atoms with Crippen molar-refractivity contribution in [2.75, 3.05) is 0 Å². The minimum absolute atomic E-state index is 0.773. The molecule has 3 heteroatoms. The normalized spacial score (nSPS) is 10.0. The topological polar surface area (TPSA) is 38.9 Å². The molecule has 12 heavy (non-hydrogen) atoms. The van der Waals surface area contributed by atoms with Gasteiger partial charge in [0.15, 0.2) is 0 Å². The zero-order valence-electron chi connectivity index (χ0n) is 6.40. The first-order chi connectivity index (χ1) is 5.95. The van der Waals surface area contributed by atoms with E-state index in [9.17, 15) is 0 Å². The minimum Gasteiger partial charge on any atom is -0.441 e. The molecule has 0 aromatic carbocycles. The lowest BCUT2D eigenvalue weighted by Gasteiger charge is -1.94. The van der Waals surface area contributed by atoms with Gasteiger partial charge in [0.2, 0.25) is 0 Å². The van der Waals surface area contributed by atoms with Crippen LogP contribution >= 0.6 is 0 Å². The first-order valence-corrected chi connectivity index (χ1v) is 3.64. The van der Waals surface area contributed by atoms with Gasteiger partial charge in [0, 0.05) is 18.8 Å². The Morgan fingerprint density at radius 2 is 2.17 bits per heavy atom. The second-order valence-corrected chi connectivity index (χ2v) is 2.46. The smallest absolute Gasteiger partial charge is 0.283 e. The Balaban J connectivity index is 2.15. The van der Waals surface area contributed by atoms with Gasteiger partial charge in [-0.3, -0.25) is 4.98 Å². The molecule has 0 saturated carbocycles. The average molecular weight is 159 g/mol. The van der Waals surface area contributed by atoms with Crippen LogP contribution in [-0.2, 0) is 6.42 Å². The van der Waals surface area contributed by atoms with E-state index < -0.39 is 0 Å². The maximum absolute atomic E-state index is 4.73. The molecule has 0 saturated heterocycles. The number of rotatable bonds is 2. The van der Waals surface area contributed by atoms with E-state index in [0.717, 1.165) is 12.1 Å². The van der Waals surface area contributed by atoms with Crippen LogP contribution in [-0.4, -0.2) is 9.97 Å². The van der Waals surface area contributed by atoms with Crippen molar-refractivity contribution in [1.29, 1.82) is 0 Å². The van der Waals surface area contributed by atoms with Crippen molar-refractivity contribution in [1.82, 2.24) is 9.97 Å². The minimum atomic E-state index is 0.773. The molecule has 0 unspecified atom stereocenters. The fourth-order valence-electron chi connectivity index (χ4n) is 0.997. The maximum Gasteiger partial charge on any atom is 0.283 e. The second-order valence-electron chi connectivity index (χ2n) is 2.46. The number of aromatic nitrogens is 2. The first kappa shape index (κ1) is 7.03. The number of oxazole rings is 1. The van der Waals surface area contributed by atoms with Crippen LogP contribution in [0.4, 0.5) is 0 Å². The van der Waals surface area contributed by atoms with Gasteiger partial charge in [-0.15, -0.1) is 0 Å². The van der Waals surface area contributed by atoms with Crippen LogP contribution in [0.5, 0.6) is 0 Å². The summed E-state index contributed by atoms with van der Waals surface area (Å²) in [6, 6.07) is 3.91. The lowest BCUT2D eigenvalue weighted by atomic mass is 10.2. The molecule has 59 valence electrons. The van der Waals surface area contributed by atoms with E-state index in [1.54, 1.807) is 18.7 Å². The van der Waals surface area contributed by atoms with Gasteiger partial charge in [-0.25, -0.2) is 4.98 Å². The molecule has 2 aromatic heterocycles. The molecule has 2 aromatic rings. The summed E-state index contributed by atoms with van der Waals surface area (Å²) < 4.78 is 4.73. The van der Waals surface area contributed by atoms with E-state index in [4.69, 9.17) is 4.42 Å². The molecular formula is C9H7N2O. The van der Waals surface area contributed by atoms with E-state index >= 15 is 0 Å². The molecule has 0 aliphatic heterocycles. The van der Waals surface area contributed by atoms with Crippen molar-refractivity contribution < 1.29 is 4.42 Å². The summed E-state index contributed by atoms with van der Waals surface area (Å²) in [5, 5.41) is 0. The Morgan fingerprint density at radius 3 is 2.83 bits per heavy atom. The molecule has 2 rings (SSSR count).